The summed E-state index contributed by atoms with van der Waals surface area (Å²) in [5.41, 5.74) is 3.30. The topological polar surface area (TPSA) is 69.7 Å². The van der Waals surface area contributed by atoms with Gasteiger partial charge in [0.1, 0.15) is 6.54 Å². The van der Waals surface area contributed by atoms with Gasteiger partial charge in [-0.15, -0.1) is 0 Å². The largest absolute Gasteiger partial charge is 0.332 e. The number of nitrogens with one attached hydrogen (secondary N) is 1. The maximum atomic E-state index is 13.0. The lowest BCUT2D eigenvalue weighted by molar-refractivity contribution is -0.139. The molecule has 1 unspecified atom stereocenters. The minimum atomic E-state index is -0.198. The summed E-state index contributed by atoms with van der Waals surface area (Å²) in [6, 6.07) is 12.3. The van der Waals surface area contributed by atoms with E-state index in [-0.39, 0.29) is 30.3 Å². The van der Waals surface area contributed by atoms with Crippen LogP contribution in [0, 0.1) is 0 Å². The number of benzene rings is 2. The molecule has 2 heterocycles. The van der Waals surface area contributed by atoms with Gasteiger partial charge in [-0.25, -0.2) is 0 Å². The molecule has 0 saturated carbocycles. The summed E-state index contributed by atoms with van der Waals surface area (Å²) in [6.07, 6.45) is 0.799. The first-order valence-corrected chi connectivity index (χ1v) is 9.55. The van der Waals surface area contributed by atoms with Crippen LogP contribution in [-0.4, -0.2) is 47.2 Å². The maximum Gasteiger partial charge on any atom is 0.254 e. The average molecular weight is 398 g/mol. The van der Waals surface area contributed by atoms with Crippen LogP contribution < -0.4 is 5.32 Å². The first-order valence-electron chi connectivity index (χ1n) is 9.17. The standard InChI is InChI=1S/C21H20ClN3O3/c1-13(26)23-17-6-3-15(4-7-17)21(28)24-11-19-18-10-16(22)5-2-14(18)8-9-25(19)20(27)12-24/h2-7,10,19H,8-9,11-12H2,1H3,(H,23,26). The molecule has 2 aliphatic rings. The highest BCUT2D eigenvalue weighted by molar-refractivity contribution is 6.30. The van der Waals surface area contributed by atoms with E-state index in [1.165, 1.54) is 12.5 Å². The number of amides is 3. The quantitative estimate of drug-likeness (QED) is 0.847. The zero-order valence-corrected chi connectivity index (χ0v) is 16.2. The number of anilines is 1. The van der Waals surface area contributed by atoms with Crippen LogP contribution >= 0.6 is 11.6 Å². The van der Waals surface area contributed by atoms with Gasteiger partial charge in [-0.05, 0) is 53.9 Å². The summed E-state index contributed by atoms with van der Waals surface area (Å²) in [7, 11) is 0. The second-order valence-corrected chi connectivity index (χ2v) is 7.58. The second kappa shape index (κ2) is 7.28. The molecule has 0 aromatic heterocycles. The fourth-order valence-electron chi connectivity index (χ4n) is 3.93. The molecule has 1 fully saturated rings. The Morgan fingerprint density at radius 1 is 1.14 bits per heavy atom. The van der Waals surface area contributed by atoms with Gasteiger partial charge in [-0.3, -0.25) is 14.4 Å². The molecular formula is C21H20ClN3O3. The summed E-state index contributed by atoms with van der Waals surface area (Å²) in [5, 5.41) is 3.30. The summed E-state index contributed by atoms with van der Waals surface area (Å²) in [5.74, 6) is -0.419. The van der Waals surface area contributed by atoms with Crippen LogP contribution in [0.4, 0.5) is 5.69 Å². The number of carbonyl (C=O) groups is 3. The highest BCUT2D eigenvalue weighted by Crippen LogP contribution is 2.35. The van der Waals surface area contributed by atoms with E-state index < -0.39 is 0 Å². The molecule has 0 spiro atoms. The molecule has 1 saturated heterocycles. The van der Waals surface area contributed by atoms with Crippen LogP contribution in [0.15, 0.2) is 42.5 Å². The molecule has 2 aromatic carbocycles. The van der Waals surface area contributed by atoms with Gasteiger partial charge in [0.15, 0.2) is 0 Å². The van der Waals surface area contributed by atoms with Gasteiger partial charge in [0.25, 0.3) is 5.91 Å². The van der Waals surface area contributed by atoms with E-state index in [2.05, 4.69) is 5.32 Å². The Kier molecular flexibility index (Phi) is 4.81. The van der Waals surface area contributed by atoms with Crippen molar-refractivity contribution in [2.45, 2.75) is 19.4 Å². The van der Waals surface area contributed by atoms with Crippen LogP contribution in [0.25, 0.3) is 0 Å². The van der Waals surface area contributed by atoms with Gasteiger partial charge in [0, 0.05) is 36.3 Å². The molecular weight excluding hydrogens is 378 g/mol. The van der Waals surface area contributed by atoms with E-state index in [1.54, 1.807) is 29.2 Å². The molecule has 28 heavy (non-hydrogen) atoms. The van der Waals surface area contributed by atoms with Crippen molar-refractivity contribution in [1.82, 2.24) is 9.80 Å². The SMILES string of the molecule is CC(=O)Nc1ccc(C(=O)N2CC(=O)N3CCc4ccc(Cl)cc4C3C2)cc1. The zero-order valence-electron chi connectivity index (χ0n) is 15.4. The maximum absolute atomic E-state index is 13.0. The molecule has 144 valence electrons. The molecule has 6 nitrogen and oxygen atoms in total. The number of piperazine rings is 1. The Morgan fingerprint density at radius 2 is 1.89 bits per heavy atom. The summed E-state index contributed by atoms with van der Waals surface area (Å²) in [4.78, 5) is 40.2. The molecule has 1 N–H and O–H groups in total. The van der Waals surface area contributed by atoms with Crippen molar-refractivity contribution in [1.29, 1.82) is 0 Å². The number of carbonyl (C=O) groups excluding carboxylic acids is 3. The number of rotatable bonds is 2. The summed E-state index contributed by atoms with van der Waals surface area (Å²) >= 11 is 6.18. The van der Waals surface area contributed by atoms with Crippen LogP contribution in [0.1, 0.15) is 34.5 Å². The normalized spacial score (nSPS) is 18.4. The van der Waals surface area contributed by atoms with Gasteiger partial charge in [-0.1, -0.05) is 17.7 Å². The molecule has 0 bridgehead atoms. The van der Waals surface area contributed by atoms with Crippen LogP contribution in [0.3, 0.4) is 0 Å². The Balaban J connectivity index is 1.57. The Hall–Kier alpha value is -2.86. The first-order chi connectivity index (χ1) is 13.4. The first kappa shape index (κ1) is 18.5. The molecule has 1 atom stereocenters. The third-order valence-electron chi connectivity index (χ3n) is 5.24. The monoisotopic (exact) mass is 397 g/mol. The van der Waals surface area contributed by atoms with Crippen LogP contribution in [-0.2, 0) is 16.0 Å². The van der Waals surface area contributed by atoms with E-state index in [0.29, 0.717) is 29.4 Å². The number of hydrogen-bond donors (Lipinski definition) is 1. The van der Waals surface area contributed by atoms with Gasteiger partial charge in [-0.2, -0.15) is 0 Å². The minimum Gasteiger partial charge on any atom is -0.332 e. The van der Waals surface area contributed by atoms with Crippen molar-refractivity contribution >= 4 is 35.0 Å². The predicted molar refractivity (Wildman–Crippen MR) is 106 cm³/mol. The second-order valence-electron chi connectivity index (χ2n) is 7.14. The Morgan fingerprint density at radius 3 is 2.61 bits per heavy atom. The lowest BCUT2D eigenvalue weighted by atomic mass is 9.90. The fraction of sp³-hybridized carbons (Fsp3) is 0.286. The van der Waals surface area contributed by atoms with Gasteiger partial charge < -0.3 is 15.1 Å². The Labute approximate surface area is 168 Å². The summed E-state index contributed by atoms with van der Waals surface area (Å²) < 4.78 is 0. The van der Waals surface area contributed by atoms with E-state index >= 15 is 0 Å². The third-order valence-corrected chi connectivity index (χ3v) is 5.48. The lowest BCUT2D eigenvalue weighted by Gasteiger charge is -2.44. The molecule has 2 aliphatic heterocycles. The van der Waals surface area contributed by atoms with Gasteiger partial charge >= 0.3 is 0 Å². The van der Waals surface area contributed by atoms with Crippen molar-refractivity contribution < 1.29 is 14.4 Å². The van der Waals surface area contributed by atoms with Gasteiger partial charge in [0.05, 0.1) is 6.04 Å². The fourth-order valence-corrected chi connectivity index (χ4v) is 4.11. The van der Waals surface area contributed by atoms with E-state index in [1.807, 2.05) is 23.1 Å². The summed E-state index contributed by atoms with van der Waals surface area (Å²) in [6.45, 7) is 2.59. The van der Waals surface area contributed by atoms with Gasteiger partial charge in [0.2, 0.25) is 11.8 Å². The number of hydrogen-bond acceptors (Lipinski definition) is 3. The lowest BCUT2D eigenvalue weighted by Crippen LogP contribution is -2.55. The van der Waals surface area contributed by atoms with E-state index in [9.17, 15) is 14.4 Å². The van der Waals surface area contributed by atoms with Crippen molar-refractivity contribution in [2.75, 3.05) is 25.0 Å². The van der Waals surface area contributed by atoms with Crippen molar-refractivity contribution in [3.63, 3.8) is 0 Å². The van der Waals surface area contributed by atoms with Crippen molar-refractivity contribution in [3.05, 3.63) is 64.2 Å². The molecule has 3 amide bonds. The highest BCUT2D eigenvalue weighted by atomic mass is 35.5. The van der Waals surface area contributed by atoms with Crippen LogP contribution in [0.2, 0.25) is 5.02 Å². The average Bonchev–Trinajstić information content (AvgIpc) is 2.67. The third kappa shape index (κ3) is 3.47. The molecule has 0 aliphatic carbocycles. The number of halogens is 1. The zero-order chi connectivity index (χ0) is 19.8. The Bertz CT molecular complexity index is 958. The highest BCUT2D eigenvalue weighted by Gasteiger charge is 2.38. The van der Waals surface area contributed by atoms with Crippen LogP contribution in [0.5, 0.6) is 0 Å². The molecule has 4 rings (SSSR count). The van der Waals surface area contributed by atoms with E-state index in [4.69, 9.17) is 11.6 Å². The smallest absolute Gasteiger partial charge is 0.254 e. The predicted octanol–water partition coefficient (Wildman–Crippen LogP) is 2.88. The molecule has 2 aromatic rings. The minimum absolute atomic E-state index is 0.0508. The number of nitrogens with zero attached hydrogens (tertiary/aromatic N) is 2. The number of fused-ring (bicyclic) bond motifs is 3. The molecule has 0 radical (unpaired) electrons. The van der Waals surface area contributed by atoms with E-state index in [0.717, 1.165) is 12.0 Å². The molecule has 7 heteroatoms. The van der Waals surface area contributed by atoms with Crippen molar-refractivity contribution in [2.24, 2.45) is 0 Å². The van der Waals surface area contributed by atoms with Crippen molar-refractivity contribution in [3.8, 4) is 0 Å².